The average molecular weight is 523 g/mol. The minimum absolute atomic E-state index is 0.0226. The molecule has 2 heterocycles. The zero-order valence-electron chi connectivity index (χ0n) is 21.8. The molecule has 0 bridgehead atoms. The molecule has 2 N–H and O–H groups in total. The van der Waals surface area contributed by atoms with Crippen LogP contribution in [0.3, 0.4) is 0 Å². The lowest BCUT2D eigenvalue weighted by Crippen LogP contribution is -2.23. The van der Waals surface area contributed by atoms with Gasteiger partial charge in [0, 0.05) is 0 Å². The predicted octanol–water partition coefficient (Wildman–Crippen LogP) is 5.47. The summed E-state index contributed by atoms with van der Waals surface area (Å²) in [5.41, 5.74) is 5.34. The number of hydrogen-bond donors (Lipinski definition) is 2. The standard InChI is InChI=1S/C31H30N4O4/c1-19-27(28(36)26-18-35(34-32-26)20(2)21-6-4-3-5-7-21)29(39-33-19)24-10-8-22(9-11-24)23-12-14-25(15-13-23)31(16-17-31)30(37)38/h3-15,18,20,27-29,36H,16-17H2,1-2H3,(H,37,38). The molecule has 39 heavy (non-hydrogen) atoms. The highest BCUT2D eigenvalue weighted by Gasteiger charge is 2.51. The van der Waals surface area contributed by atoms with Crippen molar-refractivity contribution in [1.29, 1.82) is 0 Å². The Morgan fingerprint density at radius 2 is 1.64 bits per heavy atom. The maximum absolute atomic E-state index is 11.6. The molecule has 1 aliphatic heterocycles. The zero-order valence-corrected chi connectivity index (χ0v) is 21.8. The molecule has 198 valence electrons. The predicted molar refractivity (Wildman–Crippen MR) is 146 cm³/mol. The van der Waals surface area contributed by atoms with E-state index in [0.717, 1.165) is 27.8 Å². The van der Waals surface area contributed by atoms with E-state index in [-0.39, 0.29) is 6.04 Å². The molecule has 1 fully saturated rings. The summed E-state index contributed by atoms with van der Waals surface area (Å²) >= 11 is 0. The maximum atomic E-state index is 11.6. The molecule has 1 aliphatic carbocycles. The molecule has 8 heteroatoms. The van der Waals surface area contributed by atoms with Crippen molar-refractivity contribution in [2.24, 2.45) is 11.1 Å². The number of benzene rings is 3. The molecule has 1 aromatic heterocycles. The molecule has 0 saturated heterocycles. The first-order chi connectivity index (χ1) is 18.9. The average Bonchev–Trinajstić information content (AvgIpc) is 3.48. The minimum Gasteiger partial charge on any atom is -0.481 e. The maximum Gasteiger partial charge on any atom is 0.314 e. The van der Waals surface area contributed by atoms with E-state index >= 15 is 0 Å². The molecule has 0 radical (unpaired) electrons. The summed E-state index contributed by atoms with van der Waals surface area (Å²) < 4.78 is 1.76. The van der Waals surface area contributed by atoms with E-state index in [1.54, 1.807) is 10.9 Å². The molecule has 1 saturated carbocycles. The Morgan fingerprint density at radius 3 is 2.26 bits per heavy atom. The highest BCUT2D eigenvalue weighted by Crippen LogP contribution is 2.48. The summed E-state index contributed by atoms with van der Waals surface area (Å²) in [4.78, 5) is 17.4. The summed E-state index contributed by atoms with van der Waals surface area (Å²) in [6.45, 7) is 3.89. The Labute approximate surface area is 226 Å². The van der Waals surface area contributed by atoms with Crippen LogP contribution >= 0.6 is 0 Å². The molecular weight excluding hydrogens is 492 g/mol. The third kappa shape index (κ3) is 4.51. The van der Waals surface area contributed by atoms with Gasteiger partial charge in [-0.05, 0) is 54.5 Å². The van der Waals surface area contributed by atoms with Gasteiger partial charge in [0.2, 0.25) is 0 Å². The van der Waals surface area contributed by atoms with Crippen molar-refractivity contribution < 1.29 is 19.8 Å². The van der Waals surface area contributed by atoms with Gasteiger partial charge in [0.15, 0.2) is 6.10 Å². The van der Waals surface area contributed by atoms with Gasteiger partial charge in [-0.1, -0.05) is 89.2 Å². The lowest BCUT2D eigenvalue weighted by atomic mass is 9.86. The van der Waals surface area contributed by atoms with Gasteiger partial charge in [-0.2, -0.15) is 0 Å². The van der Waals surface area contributed by atoms with Gasteiger partial charge in [0.25, 0.3) is 0 Å². The second kappa shape index (κ2) is 9.78. The van der Waals surface area contributed by atoms with Gasteiger partial charge >= 0.3 is 5.97 Å². The van der Waals surface area contributed by atoms with E-state index in [9.17, 15) is 15.0 Å². The zero-order chi connectivity index (χ0) is 27.1. The monoisotopic (exact) mass is 522 g/mol. The van der Waals surface area contributed by atoms with Gasteiger partial charge in [0.1, 0.15) is 11.8 Å². The highest BCUT2D eigenvalue weighted by atomic mass is 16.6. The van der Waals surface area contributed by atoms with Crippen molar-refractivity contribution in [2.75, 3.05) is 0 Å². The molecule has 3 aromatic carbocycles. The number of aromatic nitrogens is 3. The summed E-state index contributed by atoms with van der Waals surface area (Å²) in [6, 6.07) is 25.8. The molecule has 0 spiro atoms. The number of nitrogens with zero attached hydrogens (tertiary/aromatic N) is 4. The highest BCUT2D eigenvalue weighted by molar-refractivity contribution is 5.86. The lowest BCUT2D eigenvalue weighted by molar-refractivity contribution is -0.140. The van der Waals surface area contributed by atoms with E-state index in [0.29, 0.717) is 24.2 Å². The van der Waals surface area contributed by atoms with Crippen LogP contribution in [0.5, 0.6) is 0 Å². The van der Waals surface area contributed by atoms with E-state index in [1.807, 2.05) is 92.7 Å². The Balaban J connectivity index is 1.19. The van der Waals surface area contributed by atoms with Crippen LogP contribution in [-0.2, 0) is 15.0 Å². The molecule has 2 aliphatic rings. The van der Waals surface area contributed by atoms with Crippen LogP contribution in [0.25, 0.3) is 11.1 Å². The normalized spacial score (nSPS) is 21.1. The first kappa shape index (κ1) is 25.0. The second-order valence-corrected chi connectivity index (χ2v) is 10.5. The van der Waals surface area contributed by atoms with Gasteiger partial charge in [-0.25, -0.2) is 4.68 Å². The fraction of sp³-hybridized carbons (Fsp3) is 0.290. The number of aliphatic hydroxyl groups excluding tert-OH is 1. The Bertz CT molecular complexity index is 1510. The number of hydrogen-bond acceptors (Lipinski definition) is 6. The van der Waals surface area contributed by atoms with E-state index in [2.05, 4.69) is 15.5 Å². The smallest absolute Gasteiger partial charge is 0.314 e. The first-order valence-electron chi connectivity index (χ1n) is 13.2. The minimum atomic E-state index is -0.936. The number of aliphatic carboxylic acids is 1. The Morgan fingerprint density at radius 1 is 1.00 bits per heavy atom. The van der Waals surface area contributed by atoms with E-state index in [4.69, 9.17) is 4.84 Å². The molecule has 6 rings (SSSR count). The third-order valence-electron chi connectivity index (χ3n) is 8.14. The molecule has 4 aromatic rings. The topological polar surface area (TPSA) is 110 Å². The number of carboxylic acids is 1. The second-order valence-electron chi connectivity index (χ2n) is 10.5. The van der Waals surface area contributed by atoms with Crippen LogP contribution in [0.4, 0.5) is 0 Å². The number of carbonyl (C=O) groups is 1. The van der Waals surface area contributed by atoms with Crippen molar-refractivity contribution in [3.63, 3.8) is 0 Å². The summed E-state index contributed by atoms with van der Waals surface area (Å²) in [5.74, 6) is -1.16. The van der Waals surface area contributed by atoms with E-state index < -0.39 is 29.5 Å². The van der Waals surface area contributed by atoms with Crippen LogP contribution in [-0.4, -0.2) is 36.9 Å². The van der Waals surface area contributed by atoms with Gasteiger partial charge in [0.05, 0.1) is 29.3 Å². The van der Waals surface area contributed by atoms with Crippen LogP contribution in [0, 0.1) is 5.92 Å². The van der Waals surface area contributed by atoms with Gasteiger partial charge in [-0.15, -0.1) is 5.10 Å². The van der Waals surface area contributed by atoms with Crippen molar-refractivity contribution >= 4 is 11.7 Å². The molecule has 0 amide bonds. The van der Waals surface area contributed by atoms with Crippen LogP contribution in [0.15, 0.2) is 90.2 Å². The number of rotatable bonds is 8. The number of oxime groups is 1. The van der Waals surface area contributed by atoms with Crippen molar-refractivity contribution in [2.45, 2.75) is 50.4 Å². The number of aliphatic hydroxyl groups is 1. The molecule has 4 unspecified atom stereocenters. The van der Waals surface area contributed by atoms with Crippen LogP contribution in [0.1, 0.15) is 67.3 Å². The Hall–Kier alpha value is -4.30. The van der Waals surface area contributed by atoms with Crippen LogP contribution in [0.2, 0.25) is 0 Å². The largest absolute Gasteiger partial charge is 0.481 e. The number of carboxylic acid groups (broad SMARTS) is 1. The summed E-state index contributed by atoms with van der Waals surface area (Å²) in [5, 5.41) is 33.7. The SMILES string of the molecule is CC1=NOC(c2ccc(-c3ccc(C4(C(=O)O)CC4)cc3)cc2)C1C(O)c1cn(C(C)c2ccccc2)nn1. The fourth-order valence-electron chi connectivity index (χ4n) is 5.43. The lowest BCUT2D eigenvalue weighted by Gasteiger charge is -2.22. The first-order valence-corrected chi connectivity index (χ1v) is 13.2. The van der Waals surface area contributed by atoms with Crippen molar-refractivity contribution in [1.82, 2.24) is 15.0 Å². The van der Waals surface area contributed by atoms with E-state index in [1.165, 1.54) is 0 Å². The molecule has 4 atom stereocenters. The van der Waals surface area contributed by atoms with Gasteiger partial charge in [-0.3, -0.25) is 4.79 Å². The fourth-order valence-corrected chi connectivity index (χ4v) is 5.43. The third-order valence-corrected chi connectivity index (χ3v) is 8.14. The Kier molecular flexibility index (Phi) is 6.27. The molecular formula is C31H30N4O4. The summed E-state index contributed by atoms with van der Waals surface area (Å²) in [7, 11) is 0. The van der Waals surface area contributed by atoms with Crippen molar-refractivity contribution in [3.05, 3.63) is 107 Å². The van der Waals surface area contributed by atoms with Crippen molar-refractivity contribution in [3.8, 4) is 11.1 Å². The quantitative estimate of drug-likeness (QED) is 0.318. The van der Waals surface area contributed by atoms with Gasteiger partial charge < -0.3 is 15.1 Å². The van der Waals surface area contributed by atoms with Crippen LogP contribution < -0.4 is 0 Å². The summed E-state index contributed by atoms with van der Waals surface area (Å²) in [6.07, 6.45) is 1.77. The molecule has 8 nitrogen and oxygen atoms in total.